The normalized spacial score (nSPS) is 11.5. The second-order valence-corrected chi connectivity index (χ2v) is 3.73. The predicted octanol–water partition coefficient (Wildman–Crippen LogP) is 1.05. The molecule has 0 radical (unpaired) electrons. The summed E-state index contributed by atoms with van der Waals surface area (Å²) in [6.45, 7) is 7.27. The topological polar surface area (TPSA) is 64.3 Å². The van der Waals surface area contributed by atoms with Gasteiger partial charge in [-0.15, -0.1) is 0 Å². The van der Waals surface area contributed by atoms with E-state index in [4.69, 9.17) is 10.5 Å². The molecule has 15 heavy (non-hydrogen) atoms. The summed E-state index contributed by atoms with van der Waals surface area (Å²) < 4.78 is 5.09. The molecular formula is C11H24N2O2. The van der Waals surface area contributed by atoms with Gasteiger partial charge in [-0.05, 0) is 19.3 Å². The number of carbonyl (C=O) groups excluding carboxylic acids is 1. The van der Waals surface area contributed by atoms with Crippen LogP contribution in [0.4, 0.5) is 0 Å². The van der Waals surface area contributed by atoms with Crippen LogP contribution >= 0.6 is 0 Å². The summed E-state index contributed by atoms with van der Waals surface area (Å²) >= 11 is 0. The van der Waals surface area contributed by atoms with Crippen LogP contribution in [-0.2, 0) is 9.53 Å². The van der Waals surface area contributed by atoms with E-state index in [1.54, 1.807) is 0 Å². The Labute approximate surface area is 92.6 Å². The molecule has 0 atom stereocenters. The zero-order valence-electron chi connectivity index (χ0n) is 10.1. The molecule has 0 heterocycles. The first-order valence-corrected chi connectivity index (χ1v) is 5.73. The van der Waals surface area contributed by atoms with Crippen LogP contribution in [0, 0.1) is 0 Å². The maximum Gasteiger partial charge on any atom is 0.246 e. The van der Waals surface area contributed by atoms with Crippen molar-refractivity contribution in [3.8, 4) is 0 Å². The van der Waals surface area contributed by atoms with Gasteiger partial charge in [0, 0.05) is 12.1 Å². The third kappa shape index (κ3) is 5.14. The molecule has 0 aliphatic rings. The first-order valence-electron chi connectivity index (χ1n) is 5.73. The molecule has 0 bridgehead atoms. The minimum atomic E-state index is -0.0663. The van der Waals surface area contributed by atoms with E-state index in [0.717, 1.165) is 19.3 Å². The van der Waals surface area contributed by atoms with Crippen LogP contribution in [0.5, 0.6) is 0 Å². The summed E-state index contributed by atoms with van der Waals surface area (Å²) in [6.07, 6.45) is 2.84. The van der Waals surface area contributed by atoms with Gasteiger partial charge in [-0.3, -0.25) is 4.79 Å². The van der Waals surface area contributed by atoms with E-state index in [9.17, 15) is 4.79 Å². The Bertz CT molecular complexity index is 171. The van der Waals surface area contributed by atoms with E-state index in [1.165, 1.54) is 0 Å². The molecule has 0 saturated heterocycles. The average molecular weight is 216 g/mol. The lowest BCUT2D eigenvalue weighted by atomic mass is 9.90. The third-order valence-corrected chi connectivity index (χ3v) is 2.93. The summed E-state index contributed by atoms with van der Waals surface area (Å²) in [7, 11) is 0. The van der Waals surface area contributed by atoms with E-state index in [2.05, 4.69) is 26.1 Å². The molecule has 4 nitrogen and oxygen atoms in total. The highest BCUT2D eigenvalue weighted by Gasteiger charge is 2.25. The fourth-order valence-corrected chi connectivity index (χ4v) is 1.60. The Kier molecular flexibility index (Phi) is 7.34. The molecule has 0 spiro atoms. The van der Waals surface area contributed by atoms with Crippen molar-refractivity contribution in [2.24, 2.45) is 5.73 Å². The highest BCUT2D eigenvalue weighted by Crippen LogP contribution is 2.18. The molecule has 0 fully saturated rings. The second-order valence-electron chi connectivity index (χ2n) is 3.73. The van der Waals surface area contributed by atoms with Gasteiger partial charge in [0.2, 0.25) is 5.91 Å². The molecule has 90 valence electrons. The highest BCUT2D eigenvalue weighted by atomic mass is 16.5. The molecule has 0 saturated carbocycles. The molecule has 0 rings (SSSR count). The van der Waals surface area contributed by atoms with Crippen LogP contribution in [-0.4, -0.2) is 31.2 Å². The molecule has 0 aromatic heterocycles. The molecule has 0 aromatic carbocycles. The lowest BCUT2D eigenvalue weighted by Gasteiger charge is -2.31. The van der Waals surface area contributed by atoms with Crippen LogP contribution in [0.1, 0.15) is 40.0 Å². The van der Waals surface area contributed by atoms with Gasteiger partial charge in [-0.1, -0.05) is 20.8 Å². The van der Waals surface area contributed by atoms with Gasteiger partial charge in [0.05, 0.1) is 6.61 Å². The van der Waals surface area contributed by atoms with E-state index in [-0.39, 0.29) is 18.1 Å². The lowest BCUT2D eigenvalue weighted by molar-refractivity contribution is -0.127. The van der Waals surface area contributed by atoms with E-state index in [0.29, 0.717) is 13.2 Å². The Hall–Kier alpha value is -0.610. The minimum absolute atomic E-state index is 0.0472. The van der Waals surface area contributed by atoms with Crippen molar-refractivity contribution in [1.29, 1.82) is 0 Å². The maximum absolute atomic E-state index is 11.5. The van der Waals surface area contributed by atoms with Gasteiger partial charge in [-0.25, -0.2) is 0 Å². The van der Waals surface area contributed by atoms with Gasteiger partial charge in [-0.2, -0.15) is 0 Å². The van der Waals surface area contributed by atoms with Crippen molar-refractivity contribution in [2.45, 2.75) is 45.6 Å². The van der Waals surface area contributed by atoms with Crippen molar-refractivity contribution >= 4 is 5.91 Å². The molecule has 1 amide bonds. The Morgan fingerprint density at radius 1 is 1.27 bits per heavy atom. The fraction of sp³-hybridized carbons (Fsp3) is 0.909. The number of amides is 1. The van der Waals surface area contributed by atoms with Crippen molar-refractivity contribution in [1.82, 2.24) is 5.32 Å². The standard InChI is InChI=1S/C11H24N2O2/c1-4-11(5-2,6-3)13-10(14)9-15-8-7-12/h4-9,12H2,1-3H3,(H,13,14). The van der Waals surface area contributed by atoms with Crippen LogP contribution in [0.3, 0.4) is 0 Å². The van der Waals surface area contributed by atoms with Gasteiger partial charge < -0.3 is 15.8 Å². The fourth-order valence-electron chi connectivity index (χ4n) is 1.60. The highest BCUT2D eigenvalue weighted by molar-refractivity contribution is 5.78. The first kappa shape index (κ1) is 14.4. The summed E-state index contributed by atoms with van der Waals surface area (Å²) in [4.78, 5) is 11.5. The predicted molar refractivity (Wildman–Crippen MR) is 61.6 cm³/mol. The van der Waals surface area contributed by atoms with Gasteiger partial charge >= 0.3 is 0 Å². The summed E-state index contributed by atoms with van der Waals surface area (Å²) in [5.74, 6) is -0.0472. The molecule has 3 N–H and O–H groups in total. The van der Waals surface area contributed by atoms with Gasteiger partial charge in [0.25, 0.3) is 0 Å². The molecule has 0 aliphatic heterocycles. The van der Waals surface area contributed by atoms with E-state index >= 15 is 0 Å². The molecule has 0 aliphatic carbocycles. The van der Waals surface area contributed by atoms with Crippen LogP contribution < -0.4 is 11.1 Å². The molecule has 4 heteroatoms. The summed E-state index contributed by atoms with van der Waals surface area (Å²) in [5.41, 5.74) is 5.20. The van der Waals surface area contributed by atoms with Crippen molar-refractivity contribution in [3.05, 3.63) is 0 Å². The van der Waals surface area contributed by atoms with Crippen molar-refractivity contribution in [2.75, 3.05) is 19.8 Å². The largest absolute Gasteiger partial charge is 0.370 e. The van der Waals surface area contributed by atoms with Crippen molar-refractivity contribution in [3.63, 3.8) is 0 Å². The van der Waals surface area contributed by atoms with Gasteiger partial charge in [0.15, 0.2) is 0 Å². The first-order chi connectivity index (χ1) is 7.14. The number of nitrogens with one attached hydrogen (secondary N) is 1. The zero-order valence-corrected chi connectivity index (χ0v) is 10.1. The number of carbonyl (C=O) groups is 1. The Balaban J connectivity index is 4.00. The number of nitrogens with two attached hydrogens (primary N) is 1. The SMILES string of the molecule is CCC(CC)(CC)NC(=O)COCCN. The average Bonchev–Trinajstić information content (AvgIpc) is 2.26. The zero-order chi connectivity index (χ0) is 11.7. The molecule has 0 aromatic rings. The minimum Gasteiger partial charge on any atom is -0.370 e. The summed E-state index contributed by atoms with van der Waals surface area (Å²) in [5, 5.41) is 3.03. The van der Waals surface area contributed by atoms with Crippen LogP contribution in [0.25, 0.3) is 0 Å². The smallest absolute Gasteiger partial charge is 0.246 e. The van der Waals surface area contributed by atoms with Crippen LogP contribution in [0.2, 0.25) is 0 Å². The number of ether oxygens (including phenoxy) is 1. The quantitative estimate of drug-likeness (QED) is 0.596. The molecule has 0 unspecified atom stereocenters. The number of hydrogen-bond acceptors (Lipinski definition) is 3. The lowest BCUT2D eigenvalue weighted by Crippen LogP contribution is -2.48. The van der Waals surface area contributed by atoms with Crippen molar-refractivity contribution < 1.29 is 9.53 Å². The number of rotatable bonds is 8. The van der Waals surface area contributed by atoms with E-state index in [1.807, 2.05) is 0 Å². The summed E-state index contributed by atoms with van der Waals surface area (Å²) in [6, 6.07) is 0. The monoisotopic (exact) mass is 216 g/mol. The Morgan fingerprint density at radius 2 is 1.80 bits per heavy atom. The van der Waals surface area contributed by atoms with Gasteiger partial charge in [0.1, 0.15) is 6.61 Å². The van der Waals surface area contributed by atoms with E-state index < -0.39 is 0 Å². The third-order valence-electron chi connectivity index (χ3n) is 2.93. The molecular weight excluding hydrogens is 192 g/mol. The van der Waals surface area contributed by atoms with Crippen LogP contribution in [0.15, 0.2) is 0 Å². The Morgan fingerprint density at radius 3 is 2.20 bits per heavy atom. The maximum atomic E-state index is 11.5. The number of hydrogen-bond donors (Lipinski definition) is 2. The second kappa shape index (κ2) is 7.65.